The minimum atomic E-state index is -0.779. The summed E-state index contributed by atoms with van der Waals surface area (Å²) in [4.78, 5) is 33.7. The van der Waals surface area contributed by atoms with Gasteiger partial charge >= 0.3 is 5.97 Å². The normalized spacial score (nSPS) is 10.2. The van der Waals surface area contributed by atoms with Gasteiger partial charge in [-0.05, 0) is 37.8 Å². The maximum absolute atomic E-state index is 11.8. The lowest BCUT2D eigenvalue weighted by Gasteiger charge is -2.06. The SMILES string of the molecule is O=C(O)CCCCCNC(=O)CCCCNC(=O)c1ccccc1. The average Bonchev–Trinajstić information content (AvgIpc) is 2.58. The topological polar surface area (TPSA) is 95.5 Å². The summed E-state index contributed by atoms with van der Waals surface area (Å²) in [5.41, 5.74) is 0.637. The first-order valence-corrected chi connectivity index (χ1v) is 8.41. The van der Waals surface area contributed by atoms with Crippen molar-refractivity contribution in [1.82, 2.24) is 10.6 Å². The van der Waals surface area contributed by atoms with E-state index in [4.69, 9.17) is 5.11 Å². The minimum absolute atomic E-state index is 0.00243. The number of nitrogens with one attached hydrogen (secondary N) is 2. The Kier molecular flexibility index (Phi) is 9.92. The number of aliphatic carboxylic acids is 1. The van der Waals surface area contributed by atoms with Gasteiger partial charge in [0, 0.05) is 31.5 Å². The molecule has 1 rings (SSSR count). The van der Waals surface area contributed by atoms with Gasteiger partial charge in [0.15, 0.2) is 0 Å². The van der Waals surface area contributed by atoms with E-state index in [0.29, 0.717) is 31.5 Å². The molecule has 132 valence electrons. The zero-order chi connectivity index (χ0) is 17.6. The quantitative estimate of drug-likeness (QED) is 0.511. The van der Waals surface area contributed by atoms with Crippen molar-refractivity contribution in [1.29, 1.82) is 0 Å². The molecule has 0 aliphatic heterocycles. The number of carboxylic acid groups (broad SMARTS) is 1. The van der Waals surface area contributed by atoms with Gasteiger partial charge in [-0.25, -0.2) is 0 Å². The highest BCUT2D eigenvalue weighted by molar-refractivity contribution is 5.94. The molecule has 0 fully saturated rings. The van der Waals surface area contributed by atoms with Crippen molar-refractivity contribution in [3.63, 3.8) is 0 Å². The molecule has 0 aliphatic rings. The van der Waals surface area contributed by atoms with Crippen LogP contribution in [-0.4, -0.2) is 36.0 Å². The van der Waals surface area contributed by atoms with Crippen LogP contribution < -0.4 is 10.6 Å². The van der Waals surface area contributed by atoms with Gasteiger partial charge in [0.1, 0.15) is 0 Å². The minimum Gasteiger partial charge on any atom is -0.481 e. The Bertz CT molecular complexity index is 517. The average molecular weight is 334 g/mol. The molecule has 0 aliphatic carbocycles. The first-order valence-electron chi connectivity index (χ1n) is 8.41. The van der Waals surface area contributed by atoms with Crippen LogP contribution in [0.2, 0.25) is 0 Å². The highest BCUT2D eigenvalue weighted by Crippen LogP contribution is 2.00. The van der Waals surface area contributed by atoms with Crippen LogP contribution in [0.15, 0.2) is 30.3 Å². The molecule has 24 heavy (non-hydrogen) atoms. The van der Waals surface area contributed by atoms with E-state index in [0.717, 1.165) is 25.7 Å². The van der Waals surface area contributed by atoms with E-state index >= 15 is 0 Å². The molecule has 1 aromatic rings. The van der Waals surface area contributed by atoms with Crippen molar-refractivity contribution in [2.24, 2.45) is 0 Å². The molecule has 6 heteroatoms. The molecule has 0 heterocycles. The summed E-state index contributed by atoms with van der Waals surface area (Å²) in [5, 5.41) is 14.2. The van der Waals surface area contributed by atoms with Crippen LogP contribution in [-0.2, 0) is 9.59 Å². The van der Waals surface area contributed by atoms with E-state index in [2.05, 4.69) is 10.6 Å². The van der Waals surface area contributed by atoms with E-state index in [1.165, 1.54) is 0 Å². The number of rotatable bonds is 12. The number of hydrogen-bond donors (Lipinski definition) is 3. The molecule has 0 saturated heterocycles. The summed E-state index contributed by atoms with van der Waals surface area (Å²) in [5.74, 6) is -0.873. The van der Waals surface area contributed by atoms with Gasteiger partial charge in [0.2, 0.25) is 5.91 Å². The molecule has 0 unspecified atom stereocenters. The molecule has 0 spiro atoms. The number of carbonyl (C=O) groups excluding carboxylic acids is 2. The Hall–Kier alpha value is -2.37. The van der Waals surface area contributed by atoms with Crippen molar-refractivity contribution in [3.05, 3.63) is 35.9 Å². The largest absolute Gasteiger partial charge is 0.481 e. The summed E-state index contributed by atoms with van der Waals surface area (Å²) in [6.45, 7) is 1.14. The Balaban J connectivity index is 1.96. The summed E-state index contributed by atoms with van der Waals surface area (Å²) in [7, 11) is 0. The van der Waals surface area contributed by atoms with Crippen LogP contribution in [0.4, 0.5) is 0 Å². The van der Waals surface area contributed by atoms with Gasteiger partial charge in [-0.2, -0.15) is 0 Å². The molecular weight excluding hydrogens is 308 g/mol. The Morgan fingerprint density at radius 2 is 1.42 bits per heavy atom. The smallest absolute Gasteiger partial charge is 0.303 e. The molecule has 1 aromatic carbocycles. The van der Waals surface area contributed by atoms with Gasteiger partial charge in [-0.3, -0.25) is 14.4 Å². The third-order valence-corrected chi connectivity index (χ3v) is 3.54. The summed E-state index contributed by atoms with van der Waals surface area (Å²) >= 11 is 0. The van der Waals surface area contributed by atoms with E-state index in [-0.39, 0.29) is 18.2 Å². The molecule has 0 aromatic heterocycles. The van der Waals surface area contributed by atoms with E-state index in [9.17, 15) is 14.4 Å². The number of carbonyl (C=O) groups is 3. The number of hydrogen-bond acceptors (Lipinski definition) is 3. The third-order valence-electron chi connectivity index (χ3n) is 3.54. The van der Waals surface area contributed by atoms with Gasteiger partial charge < -0.3 is 15.7 Å². The fraction of sp³-hybridized carbons (Fsp3) is 0.500. The fourth-order valence-corrected chi connectivity index (χ4v) is 2.20. The molecule has 0 radical (unpaired) electrons. The monoisotopic (exact) mass is 334 g/mol. The molecule has 0 bridgehead atoms. The van der Waals surface area contributed by atoms with Gasteiger partial charge in [-0.15, -0.1) is 0 Å². The van der Waals surface area contributed by atoms with Gasteiger partial charge in [-0.1, -0.05) is 24.6 Å². The first-order chi connectivity index (χ1) is 11.6. The van der Waals surface area contributed by atoms with E-state index in [1.807, 2.05) is 18.2 Å². The second kappa shape index (κ2) is 12.1. The zero-order valence-electron chi connectivity index (χ0n) is 13.9. The first kappa shape index (κ1) is 19.7. The fourth-order valence-electron chi connectivity index (χ4n) is 2.20. The van der Waals surface area contributed by atoms with Crippen LogP contribution >= 0.6 is 0 Å². The van der Waals surface area contributed by atoms with E-state index in [1.54, 1.807) is 12.1 Å². The third kappa shape index (κ3) is 9.61. The lowest BCUT2D eigenvalue weighted by Crippen LogP contribution is -2.26. The standard InChI is InChI=1S/C18H26N2O4/c21-16(19-13-7-2-5-12-17(22)23)11-6-8-14-20-18(24)15-9-3-1-4-10-15/h1,3-4,9-10H,2,5-8,11-14H2,(H,19,21)(H,20,24)(H,22,23). The number of benzene rings is 1. The molecule has 3 N–H and O–H groups in total. The Morgan fingerprint density at radius 3 is 2.12 bits per heavy atom. The molecule has 2 amide bonds. The van der Waals surface area contributed by atoms with Gasteiger partial charge in [0.05, 0.1) is 0 Å². The maximum Gasteiger partial charge on any atom is 0.303 e. The Labute approximate surface area is 142 Å². The predicted octanol–water partition coefficient (Wildman–Crippen LogP) is 2.35. The van der Waals surface area contributed by atoms with Crippen molar-refractivity contribution in [2.45, 2.75) is 44.9 Å². The summed E-state index contributed by atoms with van der Waals surface area (Å²) < 4.78 is 0. The van der Waals surface area contributed by atoms with E-state index < -0.39 is 5.97 Å². The molecule has 6 nitrogen and oxygen atoms in total. The number of unbranched alkanes of at least 4 members (excludes halogenated alkanes) is 3. The zero-order valence-corrected chi connectivity index (χ0v) is 13.9. The number of carboxylic acids is 1. The highest BCUT2D eigenvalue weighted by Gasteiger charge is 2.04. The molecule has 0 atom stereocenters. The van der Waals surface area contributed by atoms with Crippen LogP contribution in [0.25, 0.3) is 0 Å². The van der Waals surface area contributed by atoms with Gasteiger partial charge in [0.25, 0.3) is 5.91 Å². The van der Waals surface area contributed by atoms with Crippen LogP contribution in [0.1, 0.15) is 55.3 Å². The lowest BCUT2D eigenvalue weighted by atomic mass is 10.2. The second-order valence-corrected chi connectivity index (χ2v) is 5.63. The highest BCUT2D eigenvalue weighted by atomic mass is 16.4. The van der Waals surface area contributed by atoms with Crippen molar-refractivity contribution < 1.29 is 19.5 Å². The van der Waals surface area contributed by atoms with Crippen molar-refractivity contribution in [3.8, 4) is 0 Å². The maximum atomic E-state index is 11.8. The molecular formula is C18H26N2O4. The summed E-state index contributed by atoms with van der Waals surface area (Å²) in [6, 6.07) is 9.03. The number of amides is 2. The predicted molar refractivity (Wildman–Crippen MR) is 91.7 cm³/mol. The van der Waals surface area contributed by atoms with Crippen molar-refractivity contribution in [2.75, 3.05) is 13.1 Å². The second-order valence-electron chi connectivity index (χ2n) is 5.63. The van der Waals surface area contributed by atoms with Crippen LogP contribution in [0.3, 0.4) is 0 Å². The van der Waals surface area contributed by atoms with Crippen LogP contribution in [0.5, 0.6) is 0 Å². The lowest BCUT2D eigenvalue weighted by molar-refractivity contribution is -0.137. The van der Waals surface area contributed by atoms with Crippen molar-refractivity contribution >= 4 is 17.8 Å². The molecule has 0 saturated carbocycles. The Morgan fingerprint density at radius 1 is 0.792 bits per heavy atom. The summed E-state index contributed by atoms with van der Waals surface area (Å²) in [6.07, 6.45) is 4.35. The van der Waals surface area contributed by atoms with Crippen LogP contribution in [0, 0.1) is 0 Å².